The number of phenols is 1. The quantitative estimate of drug-likeness (QED) is 0.406. The first kappa shape index (κ1) is 18.2. The molecule has 136 valence electrons. The zero-order valence-electron chi connectivity index (χ0n) is 14.2. The number of fused-ring (bicyclic) bond motifs is 1. The fraction of sp³-hybridized carbons (Fsp3) is 0. The maximum Gasteiger partial charge on any atom is 0.266 e. The van der Waals surface area contributed by atoms with Gasteiger partial charge >= 0.3 is 0 Å². The van der Waals surface area contributed by atoms with Gasteiger partial charge in [0, 0.05) is 26.5 Å². The van der Waals surface area contributed by atoms with Crippen LogP contribution in [0, 0.1) is 11.3 Å². The van der Waals surface area contributed by atoms with Gasteiger partial charge in [0.2, 0.25) is 0 Å². The van der Waals surface area contributed by atoms with Crippen LogP contribution in [0.25, 0.3) is 33.3 Å². The SMILES string of the molecule is N#Cc1c(-c2cc3ccccc3nc2Cl)cc(-c2cc(Br)ccc2O)[nH]c1=O. The number of hydrogen-bond donors (Lipinski definition) is 2. The molecule has 0 amide bonds. The zero-order valence-corrected chi connectivity index (χ0v) is 16.5. The molecule has 0 fully saturated rings. The molecule has 7 heteroatoms. The Morgan fingerprint density at radius 3 is 2.64 bits per heavy atom. The Bertz CT molecular complexity index is 1340. The normalized spacial score (nSPS) is 10.8. The van der Waals surface area contributed by atoms with E-state index in [-0.39, 0.29) is 16.5 Å². The van der Waals surface area contributed by atoms with Crippen molar-refractivity contribution in [2.75, 3.05) is 0 Å². The summed E-state index contributed by atoms with van der Waals surface area (Å²) in [6.45, 7) is 0. The fourth-order valence-electron chi connectivity index (χ4n) is 3.03. The molecule has 0 saturated carbocycles. The van der Waals surface area contributed by atoms with Crippen molar-refractivity contribution in [1.29, 1.82) is 5.26 Å². The van der Waals surface area contributed by atoms with Crippen LogP contribution in [0.5, 0.6) is 5.75 Å². The van der Waals surface area contributed by atoms with Gasteiger partial charge in [-0.15, -0.1) is 0 Å². The van der Waals surface area contributed by atoms with Crippen molar-refractivity contribution in [3.63, 3.8) is 0 Å². The Balaban J connectivity index is 2.03. The number of para-hydroxylation sites is 1. The highest BCUT2D eigenvalue weighted by molar-refractivity contribution is 9.10. The van der Waals surface area contributed by atoms with Crippen LogP contribution in [-0.2, 0) is 0 Å². The molecule has 0 aliphatic heterocycles. The number of H-pyrrole nitrogens is 1. The summed E-state index contributed by atoms with van der Waals surface area (Å²) in [5.74, 6) is -0.00255. The predicted octanol–water partition coefficient (Wildman–Crippen LogP) is 5.25. The number of phenolic OH excluding ortho intramolecular Hbond substituents is 1. The van der Waals surface area contributed by atoms with Crippen LogP contribution in [0.4, 0.5) is 0 Å². The number of aromatic nitrogens is 2. The fourth-order valence-corrected chi connectivity index (χ4v) is 3.64. The zero-order chi connectivity index (χ0) is 19.8. The number of pyridine rings is 2. The van der Waals surface area contributed by atoms with Crippen molar-refractivity contribution in [3.05, 3.63) is 80.1 Å². The van der Waals surface area contributed by atoms with Gasteiger partial charge in [0.15, 0.2) is 0 Å². The molecule has 0 atom stereocenters. The number of nitrogens with zero attached hydrogens (tertiary/aromatic N) is 2. The maximum atomic E-state index is 12.6. The van der Waals surface area contributed by atoms with Gasteiger partial charge in [-0.25, -0.2) is 4.98 Å². The lowest BCUT2D eigenvalue weighted by Crippen LogP contribution is -2.13. The highest BCUT2D eigenvalue weighted by atomic mass is 79.9. The minimum atomic E-state index is -0.571. The molecule has 0 spiro atoms. The summed E-state index contributed by atoms with van der Waals surface area (Å²) in [6.07, 6.45) is 0. The molecule has 2 N–H and O–H groups in total. The third-order valence-corrected chi connectivity index (χ3v) is 5.14. The second kappa shape index (κ2) is 7.12. The number of aromatic amines is 1. The molecule has 28 heavy (non-hydrogen) atoms. The van der Waals surface area contributed by atoms with Crippen molar-refractivity contribution < 1.29 is 5.11 Å². The topological polar surface area (TPSA) is 89.8 Å². The molecule has 2 aromatic heterocycles. The third kappa shape index (κ3) is 3.15. The first-order valence-corrected chi connectivity index (χ1v) is 9.37. The Morgan fingerprint density at radius 1 is 1.07 bits per heavy atom. The maximum absolute atomic E-state index is 12.6. The summed E-state index contributed by atoms with van der Waals surface area (Å²) in [5.41, 5.74) is 1.67. The van der Waals surface area contributed by atoms with Gasteiger partial charge in [-0.05, 0) is 36.4 Å². The first-order chi connectivity index (χ1) is 13.5. The summed E-state index contributed by atoms with van der Waals surface area (Å²) in [4.78, 5) is 19.6. The van der Waals surface area contributed by atoms with E-state index >= 15 is 0 Å². The van der Waals surface area contributed by atoms with E-state index in [1.54, 1.807) is 24.3 Å². The molecule has 5 nitrogen and oxygen atoms in total. The molecule has 0 aliphatic carbocycles. The summed E-state index contributed by atoms with van der Waals surface area (Å²) < 4.78 is 0.734. The van der Waals surface area contributed by atoms with E-state index in [9.17, 15) is 15.2 Å². The highest BCUT2D eigenvalue weighted by Gasteiger charge is 2.17. The van der Waals surface area contributed by atoms with Gasteiger partial charge < -0.3 is 10.1 Å². The van der Waals surface area contributed by atoms with E-state index in [4.69, 9.17) is 11.6 Å². The molecule has 0 bridgehead atoms. The van der Waals surface area contributed by atoms with E-state index < -0.39 is 5.56 Å². The lowest BCUT2D eigenvalue weighted by molar-refractivity contribution is 0.477. The molecule has 2 aromatic carbocycles. The molecule has 2 heterocycles. The van der Waals surface area contributed by atoms with Crippen LogP contribution in [0.2, 0.25) is 5.15 Å². The van der Waals surface area contributed by atoms with E-state index in [2.05, 4.69) is 25.9 Å². The van der Waals surface area contributed by atoms with E-state index in [0.717, 1.165) is 9.86 Å². The van der Waals surface area contributed by atoms with Gasteiger partial charge in [-0.3, -0.25) is 4.79 Å². The molecular weight excluding hydrogens is 442 g/mol. The number of halogens is 2. The van der Waals surface area contributed by atoms with Gasteiger partial charge in [0.25, 0.3) is 5.56 Å². The smallest absolute Gasteiger partial charge is 0.266 e. The van der Waals surface area contributed by atoms with Crippen molar-refractivity contribution in [3.8, 4) is 34.2 Å². The van der Waals surface area contributed by atoms with Crippen molar-refractivity contribution in [2.24, 2.45) is 0 Å². The third-order valence-electron chi connectivity index (χ3n) is 4.36. The van der Waals surface area contributed by atoms with Crippen LogP contribution in [0.1, 0.15) is 5.56 Å². The van der Waals surface area contributed by atoms with Gasteiger partial charge in [0.1, 0.15) is 22.5 Å². The molecule has 0 aliphatic rings. The van der Waals surface area contributed by atoms with Crippen molar-refractivity contribution in [1.82, 2.24) is 9.97 Å². The number of benzene rings is 2. The van der Waals surface area contributed by atoms with Crippen LogP contribution in [0.3, 0.4) is 0 Å². The highest BCUT2D eigenvalue weighted by Crippen LogP contribution is 2.35. The number of aromatic hydroxyl groups is 1. The van der Waals surface area contributed by atoms with E-state index in [1.165, 1.54) is 6.07 Å². The van der Waals surface area contributed by atoms with Gasteiger partial charge in [-0.2, -0.15) is 5.26 Å². The summed E-state index contributed by atoms with van der Waals surface area (Å²) in [5, 5.41) is 20.8. The Labute approximate surface area is 173 Å². The molecule has 0 radical (unpaired) electrons. The van der Waals surface area contributed by atoms with Crippen LogP contribution in [-0.4, -0.2) is 15.1 Å². The molecular formula is C21H11BrClN3O2. The monoisotopic (exact) mass is 451 g/mol. The standard InChI is InChI=1S/C21H11BrClN3O2/c22-12-5-6-19(27)15(8-12)18-9-13(16(10-24)21(28)26-18)14-7-11-3-1-2-4-17(11)25-20(14)23/h1-9,27H,(H,26,28). The van der Waals surface area contributed by atoms with Crippen LogP contribution >= 0.6 is 27.5 Å². The minimum absolute atomic E-state index is 0.00255. The molecule has 4 rings (SSSR count). The molecule has 0 saturated heterocycles. The van der Waals surface area contributed by atoms with E-state index in [1.807, 2.05) is 30.3 Å². The van der Waals surface area contributed by atoms with Crippen LogP contribution in [0.15, 0.2) is 63.9 Å². The lowest BCUT2D eigenvalue weighted by atomic mass is 9.99. The minimum Gasteiger partial charge on any atom is -0.507 e. The number of nitriles is 1. The average Bonchev–Trinajstić information content (AvgIpc) is 2.68. The lowest BCUT2D eigenvalue weighted by Gasteiger charge is -2.11. The van der Waals surface area contributed by atoms with Crippen molar-refractivity contribution >= 4 is 38.4 Å². The largest absolute Gasteiger partial charge is 0.507 e. The van der Waals surface area contributed by atoms with Crippen molar-refractivity contribution in [2.45, 2.75) is 0 Å². The van der Waals surface area contributed by atoms with Gasteiger partial charge in [-0.1, -0.05) is 45.7 Å². The summed E-state index contributed by atoms with van der Waals surface area (Å²) in [6, 6.07) is 17.7. The summed E-state index contributed by atoms with van der Waals surface area (Å²) in [7, 11) is 0. The number of rotatable bonds is 2. The second-order valence-electron chi connectivity index (χ2n) is 6.09. The average molecular weight is 453 g/mol. The number of nitrogens with one attached hydrogen (secondary N) is 1. The molecule has 0 unspecified atom stereocenters. The van der Waals surface area contributed by atoms with Gasteiger partial charge in [0.05, 0.1) is 11.2 Å². The predicted molar refractivity (Wildman–Crippen MR) is 112 cm³/mol. The molecule has 4 aromatic rings. The number of hydrogen-bond acceptors (Lipinski definition) is 4. The first-order valence-electron chi connectivity index (χ1n) is 8.20. The Hall–Kier alpha value is -3.14. The van der Waals surface area contributed by atoms with E-state index in [0.29, 0.717) is 27.9 Å². The Kier molecular flexibility index (Phi) is 4.63. The van der Waals surface area contributed by atoms with Crippen LogP contribution < -0.4 is 5.56 Å². The second-order valence-corrected chi connectivity index (χ2v) is 7.37. The summed E-state index contributed by atoms with van der Waals surface area (Å²) >= 11 is 9.74. The Morgan fingerprint density at radius 2 is 1.86 bits per heavy atom.